The van der Waals surface area contributed by atoms with Crippen molar-refractivity contribution >= 4 is 22.0 Å². The molecular weight excluding hydrogens is 298 g/mol. The first-order valence-corrected chi connectivity index (χ1v) is 6.75. The van der Waals surface area contributed by atoms with Crippen molar-refractivity contribution in [3.8, 4) is 0 Å². The Kier molecular flexibility index (Phi) is 4.54. The molecule has 5 nitrogen and oxygen atoms in total. The van der Waals surface area contributed by atoms with Gasteiger partial charge in [0.1, 0.15) is 4.60 Å². The number of aromatic nitrogens is 1. The van der Waals surface area contributed by atoms with E-state index in [1.807, 2.05) is 12.1 Å². The maximum atomic E-state index is 10.6. The van der Waals surface area contributed by atoms with E-state index >= 15 is 0 Å². The summed E-state index contributed by atoms with van der Waals surface area (Å²) in [4.78, 5) is 17.0. The molecule has 0 aliphatic carbocycles. The molecule has 1 atom stereocenters. The fraction of sp³-hybridized carbons (Fsp3) is 0.500. The summed E-state index contributed by atoms with van der Waals surface area (Å²) < 4.78 is 0.831. The molecule has 0 saturated carbocycles. The second-order valence-electron chi connectivity index (χ2n) is 4.51. The van der Waals surface area contributed by atoms with E-state index in [-0.39, 0.29) is 6.04 Å². The lowest BCUT2D eigenvalue weighted by Gasteiger charge is -2.32. The van der Waals surface area contributed by atoms with Gasteiger partial charge in [-0.05, 0) is 53.0 Å². The molecule has 1 aliphatic heterocycles. The predicted molar refractivity (Wildman–Crippen MR) is 71.4 cm³/mol. The standard InChI is InChI=1S/C12H16BrN3O2/c13-11-6-9(3-4-14-11)7-16-5-1-2-10(8-16)15-12(17)18/h3-4,6,10,15H,1-2,5,7-8H2,(H,17,18)/t10-/m1/s1. The van der Waals surface area contributed by atoms with E-state index in [0.29, 0.717) is 0 Å². The van der Waals surface area contributed by atoms with Crippen LogP contribution in [0.5, 0.6) is 0 Å². The van der Waals surface area contributed by atoms with Crippen molar-refractivity contribution < 1.29 is 9.90 Å². The molecule has 2 N–H and O–H groups in total. The molecule has 0 spiro atoms. The minimum Gasteiger partial charge on any atom is -0.465 e. The van der Waals surface area contributed by atoms with Gasteiger partial charge in [-0.15, -0.1) is 0 Å². The van der Waals surface area contributed by atoms with Gasteiger partial charge in [-0.2, -0.15) is 0 Å². The molecular formula is C12H16BrN3O2. The summed E-state index contributed by atoms with van der Waals surface area (Å²) in [6, 6.07) is 4.02. The summed E-state index contributed by atoms with van der Waals surface area (Å²) in [5, 5.41) is 11.3. The Balaban J connectivity index is 1.91. The number of hydrogen-bond donors (Lipinski definition) is 2. The Bertz CT molecular complexity index is 428. The van der Waals surface area contributed by atoms with E-state index in [1.165, 1.54) is 5.56 Å². The smallest absolute Gasteiger partial charge is 0.404 e. The average molecular weight is 314 g/mol. The van der Waals surface area contributed by atoms with E-state index < -0.39 is 6.09 Å². The molecule has 0 unspecified atom stereocenters. The highest BCUT2D eigenvalue weighted by Crippen LogP contribution is 2.15. The summed E-state index contributed by atoms with van der Waals surface area (Å²) in [5.74, 6) is 0. The second kappa shape index (κ2) is 6.15. The van der Waals surface area contributed by atoms with Crippen molar-refractivity contribution in [2.45, 2.75) is 25.4 Å². The molecule has 0 aromatic carbocycles. The number of nitrogens with zero attached hydrogens (tertiary/aromatic N) is 2. The van der Waals surface area contributed by atoms with Crippen LogP contribution in [0.2, 0.25) is 0 Å². The zero-order valence-corrected chi connectivity index (χ0v) is 11.6. The summed E-state index contributed by atoms with van der Waals surface area (Å²) in [7, 11) is 0. The van der Waals surface area contributed by atoms with E-state index in [4.69, 9.17) is 5.11 Å². The van der Waals surface area contributed by atoms with Gasteiger partial charge in [-0.1, -0.05) is 0 Å². The van der Waals surface area contributed by atoms with Crippen LogP contribution in [0.4, 0.5) is 4.79 Å². The number of carbonyl (C=O) groups is 1. The van der Waals surface area contributed by atoms with Crippen molar-refractivity contribution in [3.63, 3.8) is 0 Å². The third-order valence-electron chi connectivity index (χ3n) is 3.03. The zero-order chi connectivity index (χ0) is 13.0. The quantitative estimate of drug-likeness (QED) is 0.839. The van der Waals surface area contributed by atoms with Crippen LogP contribution >= 0.6 is 15.9 Å². The fourth-order valence-corrected chi connectivity index (χ4v) is 2.70. The van der Waals surface area contributed by atoms with Gasteiger partial charge in [-0.25, -0.2) is 9.78 Å². The fourth-order valence-electron chi connectivity index (χ4n) is 2.29. The van der Waals surface area contributed by atoms with Gasteiger partial charge in [0.2, 0.25) is 0 Å². The molecule has 1 aliphatic rings. The van der Waals surface area contributed by atoms with Gasteiger partial charge >= 0.3 is 6.09 Å². The van der Waals surface area contributed by atoms with E-state index in [9.17, 15) is 4.79 Å². The highest BCUT2D eigenvalue weighted by molar-refractivity contribution is 9.10. The van der Waals surface area contributed by atoms with Crippen LogP contribution in [0.1, 0.15) is 18.4 Å². The lowest BCUT2D eigenvalue weighted by atomic mass is 10.1. The van der Waals surface area contributed by atoms with Crippen LogP contribution in [0, 0.1) is 0 Å². The highest BCUT2D eigenvalue weighted by Gasteiger charge is 2.21. The van der Waals surface area contributed by atoms with Crippen LogP contribution in [-0.2, 0) is 6.54 Å². The summed E-state index contributed by atoms with van der Waals surface area (Å²) in [6.07, 6.45) is 2.78. The van der Waals surface area contributed by atoms with Crippen LogP contribution in [0.25, 0.3) is 0 Å². The molecule has 1 saturated heterocycles. The first-order chi connectivity index (χ1) is 8.63. The number of amides is 1. The zero-order valence-electron chi connectivity index (χ0n) is 9.97. The number of hydrogen-bond acceptors (Lipinski definition) is 3. The molecule has 2 heterocycles. The minimum atomic E-state index is -0.937. The number of halogens is 1. The Morgan fingerprint density at radius 2 is 2.50 bits per heavy atom. The number of piperidine rings is 1. The molecule has 0 bridgehead atoms. The van der Waals surface area contributed by atoms with E-state index in [1.54, 1.807) is 6.20 Å². The third-order valence-corrected chi connectivity index (χ3v) is 3.46. The number of likely N-dealkylation sites (tertiary alicyclic amines) is 1. The van der Waals surface area contributed by atoms with Crippen molar-refractivity contribution in [1.29, 1.82) is 0 Å². The number of pyridine rings is 1. The van der Waals surface area contributed by atoms with E-state index in [0.717, 1.165) is 37.1 Å². The number of carboxylic acid groups (broad SMARTS) is 1. The van der Waals surface area contributed by atoms with Crippen LogP contribution < -0.4 is 5.32 Å². The van der Waals surface area contributed by atoms with Gasteiger partial charge in [0.05, 0.1) is 0 Å². The predicted octanol–water partition coefficient (Wildman–Crippen LogP) is 2.08. The lowest BCUT2D eigenvalue weighted by molar-refractivity contribution is 0.160. The molecule has 1 fully saturated rings. The van der Waals surface area contributed by atoms with Crippen molar-refractivity contribution in [1.82, 2.24) is 15.2 Å². The van der Waals surface area contributed by atoms with Crippen molar-refractivity contribution in [3.05, 3.63) is 28.5 Å². The number of nitrogens with one attached hydrogen (secondary N) is 1. The average Bonchev–Trinajstić information content (AvgIpc) is 2.28. The molecule has 1 amide bonds. The van der Waals surface area contributed by atoms with Gasteiger partial charge in [0.25, 0.3) is 0 Å². The van der Waals surface area contributed by atoms with Gasteiger partial charge < -0.3 is 10.4 Å². The first kappa shape index (κ1) is 13.3. The monoisotopic (exact) mass is 313 g/mol. The van der Waals surface area contributed by atoms with Gasteiger partial charge in [0.15, 0.2) is 0 Å². The summed E-state index contributed by atoms with van der Waals surface area (Å²) in [5.41, 5.74) is 1.19. The van der Waals surface area contributed by atoms with Crippen LogP contribution in [0.15, 0.2) is 22.9 Å². The molecule has 18 heavy (non-hydrogen) atoms. The molecule has 6 heteroatoms. The van der Waals surface area contributed by atoms with Crippen molar-refractivity contribution in [2.75, 3.05) is 13.1 Å². The minimum absolute atomic E-state index is 0.0431. The van der Waals surface area contributed by atoms with Crippen LogP contribution in [-0.4, -0.2) is 40.2 Å². The molecule has 1 aromatic heterocycles. The molecule has 1 aromatic rings. The highest BCUT2D eigenvalue weighted by atomic mass is 79.9. The Morgan fingerprint density at radius 3 is 3.22 bits per heavy atom. The maximum absolute atomic E-state index is 10.6. The summed E-state index contributed by atoms with van der Waals surface area (Å²) in [6.45, 7) is 2.61. The largest absolute Gasteiger partial charge is 0.465 e. The Morgan fingerprint density at radius 1 is 1.67 bits per heavy atom. The second-order valence-corrected chi connectivity index (χ2v) is 5.32. The third kappa shape index (κ3) is 3.96. The van der Waals surface area contributed by atoms with Crippen molar-refractivity contribution in [2.24, 2.45) is 0 Å². The Labute approximate surface area is 114 Å². The van der Waals surface area contributed by atoms with Gasteiger partial charge in [0, 0.05) is 25.3 Å². The maximum Gasteiger partial charge on any atom is 0.404 e. The van der Waals surface area contributed by atoms with Gasteiger partial charge in [-0.3, -0.25) is 4.90 Å². The van der Waals surface area contributed by atoms with Crippen LogP contribution in [0.3, 0.4) is 0 Å². The first-order valence-electron chi connectivity index (χ1n) is 5.96. The number of rotatable bonds is 3. The SMILES string of the molecule is O=C(O)N[C@@H]1CCCN(Cc2ccnc(Br)c2)C1. The lowest BCUT2D eigenvalue weighted by Crippen LogP contribution is -2.46. The Hall–Kier alpha value is -1.14. The molecule has 98 valence electrons. The summed E-state index contributed by atoms with van der Waals surface area (Å²) >= 11 is 3.35. The molecule has 0 radical (unpaired) electrons. The molecule has 2 rings (SSSR count). The topological polar surface area (TPSA) is 65.5 Å². The normalized spacial score (nSPS) is 20.6. The van der Waals surface area contributed by atoms with E-state index in [2.05, 4.69) is 31.1 Å².